The number of amides is 1. The molecule has 114 valence electrons. The second-order valence-corrected chi connectivity index (χ2v) is 4.72. The number of nitrogens with two attached hydrogens (primary N) is 2. The molecule has 0 spiro atoms. The second kappa shape index (κ2) is 5.40. The first kappa shape index (κ1) is 16.4. The van der Waals surface area contributed by atoms with Crippen LogP contribution < -0.4 is 11.5 Å². The van der Waals surface area contributed by atoms with Gasteiger partial charge in [0.15, 0.2) is 0 Å². The average molecular weight is 300 g/mol. The lowest BCUT2D eigenvalue weighted by Gasteiger charge is -2.30. The number of rotatable bonds is 5. The Kier molecular flexibility index (Phi) is 4.23. The third-order valence-electron chi connectivity index (χ3n) is 3.22. The van der Waals surface area contributed by atoms with Crippen LogP contribution in [0.4, 0.5) is 15.8 Å². The van der Waals surface area contributed by atoms with Crippen molar-refractivity contribution < 1.29 is 19.0 Å². The van der Waals surface area contributed by atoms with Crippen LogP contribution in [0.25, 0.3) is 0 Å². The van der Waals surface area contributed by atoms with Gasteiger partial charge in [0.05, 0.1) is 21.5 Å². The van der Waals surface area contributed by atoms with E-state index in [9.17, 15) is 29.4 Å². The molecule has 0 fully saturated rings. The molecule has 1 rings (SSSR count). The van der Waals surface area contributed by atoms with Gasteiger partial charge in [-0.1, -0.05) is 13.8 Å². The Morgan fingerprint density at radius 1 is 1.24 bits per heavy atom. The van der Waals surface area contributed by atoms with Crippen molar-refractivity contribution in [3.8, 4) is 0 Å². The molecule has 9 nitrogen and oxygen atoms in total. The average Bonchev–Trinajstić information content (AvgIpc) is 2.35. The molecule has 1 atom stereocenters. The van der Waals surface area contributed by atoms with E-state index in [4.69, 9.17) is 11.5 Å². The summed E-state index contributed by atoms with van der Waals surface area (Å²) >= 11 is 0. The molecule has 0 aliphatic carbocycles. The molecular weight excluding hydrogens is 287 g/mol. The molecule has 0 radical (unpaired) electrons. The van der Waals surface area contributed by atoms with Crippen molar-refractivity contribution in [1.82, 2.24) is 0 Å². The third kappa shape index (κ3) is 2.65. The fourth-order valence-electron chi connectivity index (χ4n) is 1.90. The van der Waals surface area contributed by atoms with Crippen LogP contribution in [0.15, 0.2) is 12.1 Å². The van der Waals surface area contributed by atoms with Crippen molar-refractivity contribution in [1.29, 1.82) is 0 Å². The number of nitrogens with zero attached hydrogens (tertiary/aromatic N) is 2. The van der Waals surface area contributed by atoms with Crippen LogP contribution in [-0.4, -0.2) is 15.8 Å². The molecule has 0 saturated carbocycles. The maximum atomic E-state index is 13.7. The van der Waals surface area contributed by atoms with Gasteiger partial charge in [0.25, 0.3) is 5.69 Å². The summed E-state index contributed by atoms with van der Waals surface area (Å²) in [7, 11) is 0. The number of primary amides is 1. The summed E-state index contributed by atoms with van der Waals surface area (Å²) in [6.45, 7) is 2.93. The SMILES string of the molecule is CC(C)C(N)(C(N)=O)c1cc(F)c([N+](=O)[O-])cc1[N+](=O)[O-]. The van der Waals surface area contributed by atoms with E-state index in [0.717, 1.165) is 0 Å². The number of nitro groups is 2. The lowest BCUT2D eigenvalue weighted by atomic mass is 9.79. The van der Waals surface area contributed by atoms with E-state index < -0.39 is 50.0 Å². The maximum absolute atomic E-state index is 13.7. The summed E-state index contributed by atoms with van der Waals surface area (Å²) < 4.78 is 13.7. The Hall–Kier alpha value is -2.62. The minimum absolute atomic E-state index is 0.428. The van der Waals surface area contributed by atoms with Gasteiger partial charge in [0.2, 0.25) is 11.7 Å². The fraction of sp³-hybridized carbons (Fsp3) is 0.364. The van der Waals surface area contributed by atoms with E-state index in [1.165, 1.54) is 13.8 Å². The number of carbonyl (C=O) groups excluding carboxylic acids is 1. The van der Waals surface area contributed by atoms with Gasteiger partial charge in [0.1, 0.15) is 5.54 Å². The highest BCUT2D eigenvalue weighted by atomic mass is 19.1. The summed E-state index contributed by atoms with van der Waals surface area (Å²) in [6.07, 6.45) is 0. The van der Waals surface area contributed by atoms with Crippen molar-refractivity contribution in [2.75, 3.05) is 0 Å². The monoisotopic (exact) mass is 300 g/mol. The van der Waals surface area contributed by atoms with Crippen molar-refractivity contribution in [2.24, 2.45) is 17.4 Å². The van der Waals surface area contributed by atoms with E-state index in [0.29, 0.717) is 12.1 Å². The molecule has 10 heteroatoms. The Labute approximate surface area is 118 Å². The van der Waals surface area contributed by atoms with E-state index in [1.54, 1.807) is 0 Å². The van der Waals surface area contributed by atoms with Crippen LogP contribution in [0.2, 0.25) is 0 Å². The van der Waals surface area contributed by atoms with Gasteiger partial charge in [-0.05, 0) is 12.0 Å². The van der Waals surface area contributed by atoms with Gasteiger partial charge in [-0.25, -0.2) is 0 Å². The number of benzene rings is 1. The highest BCUT2D eigenvalue weighted by Crippen LogP contribution is 2.37. The van der Waals surface area contributed by atoms with E-state index in [-0.39, 0.29) is 0 Å². The van der Waals surface area contributed by atoms with Gasteiger partial charge in [-0.2, -0.15) is 4.39 Å². The molecule has 0 heterocycles. The van der Waals surface area contributed by atoms with E-state index in [1.807, 2.05) is 0 Å². The number of hydrogen-bond donors (Lipinski definition) is 2. The lowest BCUT2D eigenvalue weighted by molar-refractivity contribution is -0.396. The summed E-state index contributed by atoms with van der Waals surface area (Å²) in [5.74, 6) is -3.14. The largest absolute Gasteiger partial charge is 0.368 e. The predicted octanol–water partition coefficient (Wildman–Crippen LogP) is 0.937. The summed E-state index contributed by atoms with van der Waals surface area (Å²) in [5, 5.41) is 21.7. The van der Waals surface area contributed by atoms with E-state index >= 15 is 0 Å². The first-order valence-electron chi connectivity index (χ1n) is 5.75. The summed E-state index contributed by atoms with van der Waals surface area (Å²) in [6, 6.07) is 0.943. The molecule has 0 saturated heterocycles. The second-order valence-electron chi connectivity index (χ2n) is 4.72. The Morgan fingerprint density at radius 2 is 1.71 bits per heavy atom. The Morgan fingerprint density at radius 3 is 2.05 bits per heavy atom. The Bertz CT molecular complexity index is 633. The minimum Gasteiger partial charge on any atom is -0.368 e. The van der Waals surface area contributed by atoms with Gasteiger partial charge >= 0.3 is 5.69 Å². The first-order chi connectivity index (χ1) is 9.53. The number of nitro benzene ring substituents is 2. The number of hydrogen-bond acceptors (Lipinski definition) is 6. The quantitative estimate of drug-likeness (QED) is 0.608. The van der Waals surface area contributed by atoms with Gasteiger partial charge in [-0.15, -0.1) is 0 Å². The Balaban J connectivity index is 3.77. The van der Waals surface area contributed by atoms with Gasteiger partial charge in [0, 0.05) is 0 Å². The predicted molar refractivity (Wildman–Crippen MR) is 69.6 cm³/mol. The molecule has 1 aromatic rings. The highest BCUT2D eigenvalue weighted by Gasteiger charge is 2.44. The zero-order chi connectivity index (χ0) is 16.5. The minimum atomic E-state index is -2.03. The first-order valence-corrected chi connectivity index (χ1v) is 5.75. The van der Waals surface area contributed by atoms with Crippen LogP contribution in [0, 0.1) is 32.0 Å². The summed E-state index contributed by atoms with van der Waals surface area (Å²) in [4.78, 5) is 31.2. The molecule has 0 bridgehead atoms. The van der Waals surface area contributed by atoms with Crippen LogP contribution >= 0.6 is 0 Å². The standard InChI is InChI=1S/C11H13FN4O5/c1-5(2)11(14,10(13)17)6-3-7(12)9(16(20)21)4-8(6)15(18)19/h3-5H,14H2,1-2H3,(H2,13,17). The molecular formula is C11H13FN4O5. The van der Waals surface area contributed by atoms with Crippen molar-refractivity contribution in [3.63, 3.8) is 0 Å². The molecule has 1 amide bonds. The molecule has 0 aliphatic rings. The molecule has 21 heavy (non-hydrogen) atoms. The smallest absolute Gasteiger partial charge is 0.311 e. The van der Waals surface area contributed by atoms with Crippen LogP contribution in [0.3, 0.4) is 0 Å². The van der Waals surface area contributed by atoms with Gasteiger partial charge in [-0.3, -0.25) is 25.0 Å². The fourth-order valence-corrected chi connectivity index (χ4v) is 1.90. The third-order valence-corrected chi connectivity index (χ3v) is 3.22. The topological polar surface area (TPSA) is 155 Å². The van der Waals surface area contributed by atoms with Crippen molar-refractivity contribution >= 4 is 17.3 Å². The van der Waals surface area contributed by atoms with Crippen molar-refractivity contribution in [2.45, 2.75) is 19.4 Å². The van der Waals surface area contributed by atoms with Crippen LogP contribution in [-0.2, 0) is 10.3 Å². The zero-order valence-electron chi connectivity index (χ0n) is 11.2. The van der Waals surface area contributed by atoms with Crippen LogP contribution in [0.1, 0.15) is 19.4 Å². The molecule has 4 N–H and O–H groups in total. The molecule has 0 aliphatic heterocycles. The zero-order valence-corrected chi connectivity index (χ0v) is 11.2. The highest BCUT2D eigenvalue weighted by molar-refractivity contribution is 5.87. The normalized spacial score (nSPS) is 13.8. The van der Waals surface area contributed by atoms with Gasteiger partial charge < -0.3 is 11.5 Å². The van der Waals surface area contributed by atoms with Crippen LogP contribution in [0.5, 0.6) is 0 Å². The van der Waals surface area contributed by atoms with Crippen molar-refractivity contribution in [3.05, 3.63) is 43.7 Å². The molecule has 0 aromatic heterocycles. The van der Waals surface area contributed by atoms with E-state index in [2.05, 4.69) is 0 Å². The molecule has 1 aromatic carbocycles. The number of carbonyl (C=O) groups is 1. The summed E-state index contributed by atoms with van der Waals surface area (Å²) in [5.41, 5.74) is 6.55. The lowest BCUT2D eigenvalue weighted by Crippen LogP contribution is -2.53. The maximum Gasteiger partial charge on any atom is 0.311 e. The number of halogens is 1. The molecule has 1 unspecified atom stereocenters.